The molecule has 7 heteroatoms. The second-order valence-corrected chi connectivity index (χ2v) is 9.61. The van der Waals surface area contributed by atoms with Crippen molar-refractivity contribution in [1.29, 1.82) is 0 Å². The smallest absolute Gasteiger partial charge is 0.266 e. The normalized spacial score (nSPS) is 14.5. The van der Waals surface area contributed by atoms with E-state index in [-0.39, 0.29) is 18.4 Å². The number of ether oxygens (including phenoxy) is 1. The SMILES string of the molecule is Cc1cccc(C)c1NC(=O)COc1cccc(/C=C2\SC(=S)N(Cc3ccccc3)C2=O)c1. The molecule has 1 aliphatic rings. The van der Waals surface area contributed by atoms with E-state index in [0.717, 1.165) is 27.9 Å². The van der Waals surface area contributed by atoms with Crippen molar-refractivity contribution in [2.75, 3.05) is 11.9 Å². The number of benzene rings is 3. The van der Waals surface area contributed by atoms with E-state index in [1.807, 2.05) is 74.5 Å². The van der Waals surface area contributed by atoms with Gasteiger partial charge in [-0.2, -0.15) is 0 Å². The van der Waals surface area contributed by atoms with Crippen LogP contribution in [0.4, 0.5) is 5.69 Å². The van der Waals surface area contributed by atoms with Crippen molar-refractivity contribution >= 4 is 51.9 Å². The number of hydrogen-bond donors (Lipinski definition) is 1. The Bertz CT molecular complexity index is 1250. The fraction of sp³-hybridized carbons (Fsp3) is 0.148. The highest BCUT2D eigenvalue weighted by molar-refractivity contribution is 8.26. The lowest BCUT2D eigenvalue weighted by Crippen LogP contribution is -2.27. The average Bonchev–Trinajstić information content (AvgIpc) is 3.08. The van der Waals surface area contributed by atoms with E-state index in [1.54, 1.807) is 23.1 Å². The summed E-state index contributed by atoms with van der Waals surface area (Å²) in [7, 11) is 0. The Kier molecular flexibility index (Phi) is 7.45. The lowest BCUT2D eigenvalue weighted by atomic mass is 10.1. The van der Waals surface area contributed by atoms with E-state index in [1.165, 1.54) is 11.8 Å². The topological polar surface area (TPSA) is 58.6 Å². The minimum absolute atomic E-state index is 0.113. The van der Waals surface area contributed by atoms with Crippen LogP contribution in [0.15, 0.2) is 77.7 Å². The number of nitrogens with one attached hydrogen (secondary N) is 1. The molecule has 3 aromatic carbocycles. The Balaban J connectivity index is 1.40. The summed E-state index contributed by atoms with van der Waals surface area (Å²) in [6.07, 6.45) is 1.80. The van der Waals surface area contributed by atoms with E-state index >= 15 is 0 Å². The lowest BCUT2D eigenvalue weighted by molar-refractivity contribution is -0.122. The van der Waals surface area contributed by atoms with Gasteiger partial charge in [-0.25, -0.2) is 0 Å². The number of hydrogen-bond acceptors (Lipinski definition) is 5. The number of thioether (sulfide) groups is 1. The van der Waals surface area contributed by atoms with Crippen molar-refractivity contribution in [2.24, 2.45) is 0 Å². The quantitative estimate of drug-likeness (QED) is 0.340. The number of rotatable bonds is 7. The fourth-order valence-corrected chi connectivity index (χ4v) is 4.84. The summed E-state index contributed by atoms with van der Waals surface area (Å²) in [6, 6.07) is 22.9. The summed E-state index contributed by atoms with van der Waals surface area (Å²) in [4.78, 5) is 27.5. The van der Waals surface area contributed by atoms with E-state index in [2.05, 4.69) is 5.32 Å². The summed E-state index contributed by atoms with van der Waals surface area (Å²) in [5.74, 6) is 0.202. The predicted octanol–water partition coefficient (Wildman–Crippen LogP) is 5.72. The maximum absolute atomic E-state index is 12.9. The van der Waals surface area contributed by atoms with Gasteiger partial charge < -0.3 is 10.1 Å². The third kappa shape index (κ3) is 5.73. The molecule has 34 heavy (non-hydrogen) atoms. The molecule has 1 N–H and O–H groups in total. The molecule has 172 valence electrons. The number of para-hydroxylation sites is 1. The Labute approximate surface area is 208 Å². The van der Waals surface area contributed by atoms with Crippen LogP contribution in [-0.2, 0) is 16.1 Å². The maximum Gasteiger partial charge on any atom is 0.266 e. The van der Waals surface area contributed by atoms with Gasteiger partial charge in [0.15, 0.2) is 6.61 Å². The van der Waals surface area contributed by atoms with Crippen LogP contribution < -0.4 is 10.1 Å². The number of aryl methyl sites for hydroxylation is 2. The van der Waals surface area contributed by atoms with Gasteiger partial charge in [0.25, 0.3) is 11.8 Å². The zero-order valence-electron chi connectivity index (χ0n) is 18.9. The van der Waals surface area contributed by atoms with Gasteiger partial charge in [0.2, 0.25) is 0 Å². The number of amides is 2. The molecule has 2 amide bonds. The molecule has 5 nitrogen and oxygen atoms in total. The predicted molar refractivity (Wildman–Crippen MR) is 142 cm³/mol. The van der Waals surface area contributed by atoms with Crippen molar-refractivity contribution in [2.45, 2.75) is 20.4 Å². The van der Waals surface area contributed by atoms with E-state index in [0.29, 0.717) is 21.5 Å². The number of anilines is 1. The lowest BCUT2D eigenvalue weighted by Gasteiger charge is -2.14. The second-order valence-electron chi connectivity index (χ2n) is 7.93. The highest BCUT2D eigenvalue weighted by atomic mass is 32.2. The molecule has 0 aromatic heterocycles. The summed E-state index contributed by atoms with van der Waals surface area (Å²) in [5.41, 5.74) is 4.63. The van der Waals surface area contributed by atoms with Gasteiger partial charge in [0.05, 0.1) is 11.4 Å². The minimum atomic E-state index is -0.232. The zero-order valence-corrected chi connectivity index (χ0v) is 20.5. The molecule has 0 saturated carbocycles. The third-order valence-corrected chi connectivity index (χ3v) is 6.71. The second kappa shape index (κ2) is 10.7. The fourth-order valence-electron chi connectivity index (χ4n) is 3.58. The van der Waals surface area contributed by atoms with Crippen molar-refractivity contribution in [3.05, 3.63) is 100.0 Å². The van der Waals surface area contributed by atoms with Crippen LogP contribution in [0.3, 0.4) is 0 Å². The van der Waals surface area contributed by atoms with E-state index in [9.17, 15) is 9.59 Å². The van der Waals surface area contributed by atoms with Crippen LogP contribution in [0.25, 0.3) is 6.08 Å². The first kappa shape index (κ1) is 23.7. The molecule has 0 unspecified atom stereocenters. The van der Waals surface area contributed by atoms with Crippen molar-refractivity contribution in [3.8, 4) is 5.75 Å². The average molecular weight is 489 g/mol. The van der Waals surface area contributed by atoms with Gasteiger partial charge in [0.1, 0.15) is 10.1 Å². The standard InChI is InChI=1S/C27H24N2O3S2/c1-18-8-6-9-19(2)25(18)28-24(30)17-32-22-13-7-12-21(14-22)15-23-26(31)29(27(33)34-23)16-20-10-4-3-5-11-20/h3-15H,16-17H2,1-2H3,(H,28,30)/b23-15-. The molecule has 4 rings (SSSR count). The minimum Gasteiger partial charge on any atom is -0.484 e. The van der Waals surface area contributed by atoms with E-state index < -0.39 is 0 Å². The summed E-state index contributed by atoms with van der Waals surface area (Å²) in [6.45, 7) is 4.24. The van der Waals surface area contributed by atoms with Gasteiger partial charge >= 0.3 is 0 Å². The Hall–Kier alpha value is -3.42. The molecule has 1 fully saturated rings. The first-order valence-electron chi connectivity index (χ1n) is 10.8. The number of thiocarbonyl (C=S) groups is 1. The molecule has 0 spiro atoms. The maximum atomic E-state index is 12.9. The Morgan fingerprint density at radius 2 is 1.74 bits per heavy atom. The molecule has 1 saturated heterocycles. The van der Waals surface area contributed by atoms with Crippen LogP contribution in [-0.4, -0.2) is 27.6 Å². The van der Waals surface area contributed by atoms with Crippen LogP contribution in [0.1, 0.15) is 22.3 Å². The zero-order chi connectivity index (χ0) is 24.1. The van der Waals surface area contributed by atoms with Crippen molar-refractivity contribution in [1.82, 2.24) is 4.90 Å². The van der Waals surface area contributed by atoms with Gasteiger partial charge in [-0.05, 0) is 54.3 Å². The van der Waals surface area contributed by atoms with Crippen LogP contribution in [0.5, 0.6) is 5.75 Å². The van der Waals surface area contributed by atoms with Gasteiger partial charge in [-0.3, -0.25) is 14.5 Å². The van der Waals surface area contributed by atoms with Crippen molar-refractivity contribution in [3.63, 3.8) is 0 Å². The van der Waals surface area contributed by atoms with Crippen LogP contribution in [0, 0.1) is 13.8 Å². The highest BCUT2D eigenvalue weighted by Gasteiger charge is 2.31. The summed E-state index contributed by atoms with van der Waals surface area (Å²) in [5, 5.41) is 2.91. The third-order valence-electron chi connectivity index (χ3n) is 5.33. The molecule has 3 aromatic rings. The molecule has 0 aliphatic carbocycles. The Morgan fingerprint density at radius 1 is 1.03 bits per heavy atom. The number of carbonyl (C=O) groups excluding carboxylic acids is 2. The van der Waals surface area contributed by atoms with Gasteiger partial charge in [0, 0.05) is 5.69 Å². The van der Waals surface area contributed by atoms with Crippen LogP contribution in [0.2, 0.25) is 0 Å². The molecule has 0 bridgehead atoms. The molecular formula is C27H24N2O3S2. The van der Waals surface area contributed by atoms with E-state index in [4.69, 9.17) is 17.0 Å². The summed E-state index contributed by atoms with van der Waals surface area (Å²) >= 11 is 6.72. The van der Waals surface area contributed by atoms with Gasteiger partial charge in [-0.1, -0.05) is 84.6 Å². The Morgan fingerprint density at radius 3 is 2.47 bits per heavy atom. The number of nitrogens with zero attached hydrogens (tertiary/aromatic N) is 1. The molecule has 1 heterocycles. The highest BCUT2D eigenvalue weighted by Crippen LogP contribution is 2.34. The first-order chi connectivity index (χ1) is 16.4. The summed E-state index contributed by atoms with van der Waals surface area (Å²) < 4.78 is 6.24. The molecule has 1 aliphatic heterocycles. The monoisotopic (exact) mass is 488 g/mol. The molecule has 0 atom stereocenters. The largest absolute Gasteiger partial charge is 0.484 e. The van der Waals surface area contributed by atoms with Crippen molar-refractivity contribution < 1.29 is 14.3 Å². The first-order valence-corrected chi connectivity index (χ1v) is 12.0. The van der Waals surface area contributed by atoms with Crippen LogP contribution >= 0.6 is 24.0 Å². The number of carbonyl (C=O) groups is 2. The molecular weight excluding hydrogens is 464 g/mol. The molecule has 0 radical (unpaired) electrons. The van der Waals surface area contributed by atoms with Gasteiger partial charge in [-0.15, -0.1) is 0 Å².